The Morgan fingerprint density at radius 2 is 1.81 bits per heavy atom. The largest absolute Gasteiger partial charge is 0.459 e. The lowest BCUT2D eigenvalue weighted by Gasteiger charge is -2.29. The van der Waals surface area contributed by atoms with Gasteiger partial charge in [0.05, 0.1) is 6.26 Å². The van der Waals surface area contributed by atoms with Gasteiger partial charge in [-0.15, -0.1) is 0 Å². The Morgan fingerprint density at radius 3 is 2.42 bits per heavy atom. The van der Waals surface area contributed by atoms with E-state index in [1.54, 1.807) is 12.1 Å². The van der Waals surface area contributed by atoms with Crippen LogP contribution < -0.4 is 10.2 Å². The van der Waals surface area contributed by atoms with Crippen molar-refractivity contribution in [3.05, 3.63) is 83.3 Å². The first-order valence-corrected chi connectivity index (χ1v) is 10.3. The summed E-state index contributed by atoms with van der Waals surface area (Å²) in [6.07, 6.45) is 1.47. The highest BCUT2D eigenvalue weighted by molar-refractivity contribution is 6.02. The van der Waals surface area contributed by atoms with Crippen molar-refractivity contribution in [2.45, 2.75) is 33.4 Å². The number of hydrogen-bond donors (Lipinski definition) is 1. The van der Waals surface area contributed by atoms with Gasteiger partial charge in [0.15, 0.2) is 5.76 Å². The molecule has 0 spiro atoms. The minimum absolute atomic E-state index is 0.00407. The fraction of sp³-hybridized carbons (Fsp3) is 0.280. The van der Waals surface area contributed by atoms with Crippen LogP contribution in [0.5, 0.6) is 0 Å². The first kappa shape index (κ1) is 22.2. The number of anilines is 2. The van der Waals surface area contributed by atoms with Crippen LogP contribution in [-0.2, 0) is 6.54 Å². The summed E-state index contributed by atoms with van der Waals surface area (Å²) >= 11 is 0. The Kier molecular flexibility index (Phi) is 6.80. The molecule has 0 bridgehead atoms. The van der Waals surface area contributed by atoms with Crippen molar-refractivity contribution in [3.8, 4) is 0 Å². The maximum Gasteiger partial charge on any atom is 0.291 e. The predicted octanol–water partition coefficient (Wildman–Crippen LogP) is 4.96. The van der Waals surface area contributed by atoms with Gasteiger partial charge in [-0.25, -0.2) is 0 Å². The van der Waals surface area contributed by atoms with E-state index in [0.29, 0.717) is 17.8 Å². The molecule has 0 aliphatic heterocycles. The summed E-state index contributed by atoms with van der Waals surface area (Å²) in [5.41, 5.74) is 4.29. The highest BCUT2D eigenvalue weighted by atomic mass is 16.3. The van der Waals surface area contributed by atoms with E-state index in [2.05, 4.69) is 5.32 Å². The maximum atomic E-state index is 13.3. The lowest BCUT2D eigenvalue weighted by molar-refractivity contribution is 0.0690. The SMILES string of the molecule is Cc1cccc(C(=O)N(Cc2cc(NC(=O)c3ccco3)ccc2N(C)C)C(C)C)c1. The fourth-order valence-electron chi connectivity index (χ4n) is 3.44. The van der Waals surface area contributed by atoms with Gasteiger partial charge in [-0.1, -0.05) is 17.7 Å². The molecule has 0 aliphatic carbocycles. The third kappa shape index (κ3) is 5.34. The molecule has 0 unspecified atom stereocenters. The highest BCUT2D eigenvalue weighted by Crippen LogP contribution is 2.26. The summed E-state index contributed by atoms with van der Waals surface area (Å²) in [5, 5.41) is 2.87. The summed E-state index contributed by atoms with van der Waals surface area (Å²) in [6, 6.07) is 16.6. The lowest BCUT2D eigenvalue weighted by Crippen LogP contribution is -2.36. The van der Waals surface area contributed by atoms with E-state index in [4.69, 9.17) is 4.42 Å². The van der Waals surface area contributed by atoms with Gasteiger partial charge < -0.3 is 19.5 Å². The Morgan fingerprint density at radius 1 is 1.03 bits per heavy atom. The van der Waals surface area contributed by atoms with E-state index in [-0.39, 0.29) is 23.6 Å². The first-order chi connectivity index (χ1) is 14.8. The summed E-state index contributed by atoms with van der Waals surface area (Å²) in [7, 11) is 3.92. The third-order valence-electron chi connectivity index (χ3n) is 5.05. The number of hydrogen-bond acceptors (Lipinski definition) is 4. The molecule has 0 fully saturated rings. The number of benzene rings is 2. The zero-order valence-corrected chi connectivity index (χ0v) is 18.7. The van der Waals surface area contributed by atoms with Gasteiger partial charge in [-0.3, -0.25) is 9.59 Å². The second kappa shape index (κ2) is 9.51. The van der Waals surface area contributed by atoms with Crippen molar-refractivity contribution in [1.29, 1.82) is 0 Å². The normalized spacial score (nSPS) is 10.8. The highest BCUT2D eigenvalue weighted by Gasteiger charge is 2.21. The molecule has 0 radical (unpaired) electrons. The van der Waals surface area contributed by atoms with E-state index < -0.39 is 0 Å². The Balaban J connectivity index is 1.90. The summed E-state index contributed by atoms with van der Waals surface area (Å²) in [6.45, 7) is 6.41. The van der Waals surface area contributed by atoms with Crippen molar-refractivity contribution in [1.82, 2.24) is 4.90 Å². The van der Waals surface area contributed by atoms with Gasteiger partial charge in [-0.05, 0) is 68.8 Å². The van der Waals surface area contributed by atoms with Gasteiger partial charge in [0.1, 0.15) is 0 Å². The molecular formula is C25H29N3O3. The number of amides is 2. The molecule has 0 atom stereocenters. The predicted molar refractivity (Wildman–Crippen MR) is 124 cm³/mol. The van der Waals surface area contributed by atoms with Gasteiger partial charge in [0.25, 0.3) is 11.8 Å². The number of furan rings is 1. The molecule has 0 saturated heterocycles. The Bertz CT molecular complexity index is 1060. The molecule has 1 aromatic heterocycles. The minimum atomic E-state index is -0.315. The third-order valence-corrected chi connectivity index (χ3v) is 5.05. The molecule has 6 nitrogen and oxygen atoms in total. The molecule has 0 aliphatic rings. The molecule has 3 aromatic rings. The molecule has 31 heavy (non-hydrogen) atoms. The first-order valence-electron chi connectivity index (χ1n) is 10.3. The zero-order valence-electron chi connectivity index (χ0n) is 18.7. The quantitative estimate of drug-likeness (QED) is 0.588. The average Bonchev–Trinajstić information content (AvgIpc) is 3.26. The van der Waals surface area contributed by atoms with Crippen LogP contribution in [0.15, 0.2) is 65.3 Å². The number of nitrogens with one attached hydrogen (secondary N) is 1. The minimum Gasteiger partial charge on any atom is -0.459 e. The van der Waals surface area contributed by atoms with Crippen molar-refractivity contribution >= 4 is 23.2 Å². The molecule has 2 aromatic carbocycles. The standard InChI is InChI=1S/C25H29N3O3/c1-17(2)28(25(30)19-9-6-8-18(3)14-19)16-20-15-21(11-12-22(20)27(4)5)26-24(29)23-10-7-13-31-23/h6-15,17H,16H2,1-5H3,(H,26,29). The number of carbonyl (C=O) groups is 2. The van der Waals surface area contributed by atoms with Crippen LogP contribution >= 0.6 is 0 Å². The van der Waals surface area contributed by atoms with E-state index in [0.717, 1.165) is 16.8 Å². The van der Waals surface area contributed by atoms with E-state index in [1.165, 1.54) is 6.26 Å². The van der Waals surface area contributed by atoms with E-state index >= 15 is 0 Å². The van der Waals surface area contributed by atoms with Crippen LogP contribution in [0.1, 0.15) is 45.9 Å². The number of nitrogens with zero attached hydrogens (tertiary/aromatic N) is 2. The van der Waals surface area contributed by atoms with Crippen molar-refractivity contribution < 1.29 is 14.0 Å². The Hall–Kier alpha value is -3.54. The van der Waals surface area contributed by atoms with Crippen molar-refractivity contribution in [3.63, 3.8) is 0 Å². The molecule has 2 amide bonds. The fourth-order valence-corrected chi connectivity index (χ4v) is 3.44. The number of aryl methyl sites for hydroxylation is 1. The van der Waals surface area contributed by atoms with Crippen LogP contribution in [0.2, 0.25) is 0 Å². The van der Waals surface area contributed by atoms with Crippen LogP contribution in [0.3, 0.4) is 0 Å². The summed E-state index contributed by atoms with van der Waals surface area (Å²) in [4.78, 5) is 29.5. The van der Waals surface area contributed by atoms with Gasteiger partial charge >= 0.3 is 0 Å². The average molecular weight is 420 g/mol. The van der Waals surface area contributed by atoms with Crippen LogP contribution in [0.4, 0.5) is 11.4 Å². The summed E-state index contributed by atoms with van der Waals surface area (Å²) in [5.74, 6) is -0.0878. The van der Waals surface area contributed by atoms with Crippen LogP contribution in [0.25, 0.3) is 0 Å². The second-order valence-electron chi connectivity index (χ2n) is 8.07. The molecule has 3 rings (SSSR count). The van der Waals surface area contributed by atoms with Crippen molar-refractivity contribution in [2.24, 2.45) is 0 Å². The molecule has 1 N–H and O–H groups in total. The monoisotopic (exact) mass is 419 g/mol. The van der Waals surface area contributed by atoms with Crippen molar-refractivity contribution in [2.75, 3.05) is 24.3 Å². The topological polar surface area (TPSA) is 65.8 Å². The molecule has 1 heterocycles. The summed E-state index contributed by atoms with van der Waals surface area (Å²) < 4.78 is 5.17. The second-order valence-corrected chi connectivity index (χ2v) is 8.07. The van der Waals surface area contributed by atoms with Gasteiger partial charge in [0, 0.05) is 43.6 Å². The van der Waals surface area contributed by atoms with Gasteiger partial charge in [0.2, 0.25) is 0 Å². The van der Waals surface area contributed by atoms with E-state index in [1.807, 2.05) is 87.1 Å². The molecular weight excluding hydrogens is 390 g/mol. The van der Waals surface area contributed by atoms with Crippen LogP contribution in [0, 0.1) is 6.92 Å². The molecule has 162 valence electrons. The van der Waals surface area contributed by atoms with E-state index in [9.17, 15) is 9.59 Å². The maximum absolute atomic E-state index is 13.3. The molecule has 6 heteroatoms. The lowest BCUT2D eigenvalue weighted by atomic mass is 10.1. The number of rotatable bonds is 7. The number of carbonyl (C=O) groups excluding carboxylic acids is 2. The van der Waals surface area contributed by atoms with Gasteiger partial charge in [-0.2, -0.15) is 0 Å². The smallest absolute Gasteiger partial charge is 0.291 e. The van der Waals surface area contributed by atoms with Crippen LogP contribution in [-0.4, -0.2) is 36.9 Å². The zero-order chi connectivity index (χ0) is 22.5. The Labute approximate surface area is 183 Å². The molecule has 0 saturated carbocycles.